The summed E-state index contributed by atoms with van der Waals surface area (Å²) in [7, 11) is 1.99. The summed E-state index contributed by atoms with van der Waals surface area (Å²) < 4.78 is 1.98. The summed E-state index contributed by atoms with van der Waals surface area (Å²) in [4.78, 5) is 25.6. The lowest BCUT2D eigenvalue weighted by molar-refractivity contribution is -0.140. The number of aromatic nitrogens is 5. The normalized spacial score (nSPS) is 20.4. The predicted molar refractivity (Wildman–Crippen MR) is 99.4 cm³/mol. The van der Waals surface area contributed by atoms with Crippen LogP contribution < -0.4 is 0 Å². The van der Waals surface area contributed by atoms with Crippen LogP contribution >= 0.6 is 0 Å². The van der Waals surface area contributed by atoms with Gasteiger partial charge in [-0.1, -0.05) is 0 Å². The minimum absolute atomic E-state index is 0.239. The Morgan fingerprint density at radius 3 is 2.59 bits per heavy atom. The lowest BCUT2D eigenvalue weighted by atomic mass is 9.72. The fraction of sp³-hybridized carbons (Fsp3) is 0.632. The number of piperidine rings is 2. The van der Waals surface area contributed by atoms with Crippen molar-refractivity contribution in [2.75, 3.05) is 19.6 Å². The van der Waals surface area contributed by atoms with Crippen molar-refractivity contribution in [1.82, 2.24) is 34.5 Å². The van der Waals surface area contributed by atoms with Gasteiger partial charge in [-0.3, -0.25) is 19.7 Å². The van der Waals surface area contributed by atoms with Gasteiger partial charge in [0.2, 0.25) is 5.91 Å². The van der Waals surface area contributed by atoms with Crippen LogP contribution in [0.5, 0.6) is 0 Å². The van der Waals surface area contributed by atoms with Crippen LogP contribution in [-0.4, -0.2) is 60.1 Å². The molecule has 0 unspecified atom stereocenters. The topological polar surface area (TPSA) is 80.0 Å². The third-order valence-corrected chi connectivity index (χ3v) is 6.02. The molecule has 2 aromatic heterocycles. The van der Waals surface area contributed by atoms with Crippen LogP contribution in [0.4, 0.5) is 0 Å². The van der Waals surface area contributed by atoms with Crippen molar-refractivity contribution in [3.05, 3.63) is 35.9 Å². The van der Waals surface area contributed by atoms with E-state index in [0.29, 0.717) is 13.0 Å². The maximum Gasteiger partial charge on any atom is 0.222 e. The average Bonchev–Trinajstić information content (AvgIpc) is 3.07. The average molecular weight is 369 g/mol. The molecule has 2 saturated heterocycles. The van der Waals surface area contributed by atoms with Gasteiger partial charge in [0.05, 0.1) is 30.7 Å². The summed E-state index contributed by atoms with van der Waals surface area (Å²) in [5.74, 6) is 1.24. The summed E-state index contributed by atoms with van der Waals surface area (Å²) in [5.41, 5.74) is 2.00. The molecule has 1 amide bonds. The molecule has 2 fully saturated rings. The van der Waals surface area contributed by atoms with E-state index in [1.165, 1.54) is 0 Å². The molecule has 0 bridgehead atoms. The van der Waals surface area contributed by atoms with Crippen LogP contribution in [-0.2, 0) is 24.9 Å². The SMILES string of the molecule is Cc1cnc(CN2CC3(CCC2=O)CCN(Cc2nncn2C)CC3)cn1. The summed E-state index contributed by atoms with van der Waals surface area (Å²) >= 11 is 0. The van der Waals surface area contributed by atoms with Crippen molar-refractivity contribution in [2.45, 2.75) is 45.7 Å². The molecule has 4 heterocycles. The van der Waals surface area contributed by atoms with Crippen molar-refractivity contribution in [1.29, 1.82) is 0 Å². The molecular weight excluding hydrogens is 342 g/mol. The van der Waals surface area contributed by atoms with Gasteiger partial charge < -0.3 is 9.47 Å². The fourth-order valence-electron chi connectivity index (χ4n) is 4.19. The molecule has 27 heavy (non-hydrogen) atoms. The van der Waals surface area contributed by atoms with Gasteiger partial charge >= 0.3 is 0 Å². The highest BCUT2D eigenvalue weighted by atomic mass is 16.2. The minimum atomic E-state index is 0.239. The highest BCUT2D eigenvalue weighted by Gasteiger charge is 2.41. The van der Waals surface area contributed by atoms with Crippen molar-refractivity contribution in [3.8, 4) is 0 Å². The van der Waals surface area contributed by atoms with Crippen LogP contribution in [0.2, 0.25) is 0 Å². The molecule has 0 radical (unpaired) electrons. The standard InChI is InChI=1S/C19H27N7O/c1-15-9-21-16(10-20-15)11-26-13-19(4-3-18(26)27)5-7-25(8-6-19)12-17-23-22-14-24(17)2/h9-10,14H,3-8,11-13H2,1-2H3. The number of hydrogen-bond donors (Lipinski definition) is 0. The quantitative estimate of drug-likeness (QED) is 0.809. The summed E-state index contributed by atoms with van der Waals surface area (Å²) in [5, 5.41) is 8.16. The van der Waals surface area contributed by atoms with E-state index < -0.39 is 0 Å². The molecule has 8 nitrogen and oxygen atoms in total. The third-order valence-electron chi connectivity index (χ3n) is 6.02. The molecule has 2 aliphatic rings. The molecule has 0 saturated carbocycles. The Kier molecular flexibility index (Phi) is 4.90. The number of carbonyl (C=O) groups excluding carboxylic acids is 1. The second-order valence-corrected chi connectivity index (χ2v) is 8.03. The lowest BCUT2D eigenvalue weighted by Gasteiger charge is -2.47. The Hall–Kier alpha value is -2.35. The zero-order chi connectivity index (χ0) is 18.9. The number of amides is 1. The zero-order valence-corrected chi connectivity index (χ0v) is 16.1. The molecule has 0 aliphatic carbocycles. The molecule has 2 aromatic rings. The highest BCUT2D eigenvalue weighted by molar-refractivity contribution is 5.77. The van der Waals surface area contributed by atoms with Crippen molar-refractivity contribution in [2.24, 2.45) is 12.5 Å². The molecule has 8 heteroatoms. The maximum absolute atomic E-state index is 12.5. The Balaban J connectivity index is 1.37. The number of likely N-dealkylation sites (tertiary alicyclic amines) is 2. The summed E-state index contributed by atoms with van der Waals surface area (Å²) in [6.07, 6.45) is 9.18. The predicted octanol–water partition coefficient (Wildman–Crippen LogP) is 1.32. The first-order valence-electron chi connectivity index (χ1n) is 9.64. The second-order valence-electron chi connectivity index (χ2n) is 8.03. The van der Waals surface area contributed by atoms with Crippen LogP contribution in [0.1, 0.15) is 42.9 Å². The number of nitrogens with zero attached hydrogens (tertiary/aromatic N) is 7. The Morgan fingerprint density at radius 2 is 1.93 bits per heavy atom. The van der Waals surface area contributed by atoms with E-state index in [9.17, 15) is 4.79 Å². The van der Waals surface area contributed by atoms with E-state index in [2.05, 4.69) is 25.1 Å². The molecule has 0 N–H and O–H groups in total. The number of aryl methyl sites for hydroxylation is 2. The Bertz CT molecular complexity index is 793. The van der Waals surface area contributed by atoms with E-state index >= 15 is 0 Å². The first-order chi connectivity index (χ1) is 13.0. The van der Waals surface area contributed by atoms with Gasteiger partial charge in [0.1, 0.15) is 12.2 Å². The van der Waals surface area contributed by atoms with Crippen LogP contribution in [0.3, 0.4) is 0 Å². The minimum Gasteiger partial charge on any atom is -0.336 e. The highest BCUT2D eigenvalue weighted by Crippen LogP contribution is 2.40. The molecule has 144 valence electrons. The zero-order valence-electron chi connectivity index (χ0n) is 16.1. The van der Waals surface area contributed by atoms with Crippen molar-refractivity contribution < 1.29 is 4.79 Å². The van der Waals surface area contributed by atoms with Crippen LogP contribution in [0.25, 0.3) is 0 Å². The molecule has 0 aromatic carbocycles. The molecule has 4 rings (SSSR count). The van der Waals surface area contributed by atoms with E-state index in [0.717, 1.165) is 62.7 Å². The molecule has 2 aliphatic heterocycles. The number of carbonyl (C=O) groups is 1. The van der Waals surface area contributed by atoms with E-state index in [-0.39, 0.29) is 11.3 Å². The van der Waals surface area contributed by atoms with Gasteiger partial charge in [0, 0.05) is 26.2 Å². The first-order valence-corrected chi connectivity index (χ1v) is 9.64. The monoisotopic (exact) mass is 369 g/mol. The van der Waals surface area contributed by atoms with Crippen molar-refractivity contribution in [3.63, 3.8) is 0 Å². The number of rotatable bonds is 4. The third kappa shape index (κ3) is 4.00. The lowest BCUT2D eigenvalue weighted by Crippen LogP contribution is -2.51. The molecule has 0 atom stereocenters. The van der Waals surface area contributed by atoms with E-state index in [1.54, 1.807) is 18.7 Å². The molecular formula is C19H27N7O. The fourth-order valence-corrected chi connectivity index (χ4v) is 4.19. The maximum atomic E-state index is 12.5. The first kappa shape index (κ1) is 18.0. The Labute approximate surface area is 159 Å². The smallest absolute Gasteiger partial charge is 0.222 e. The largest absolute Gasteiger partial charge is 0.336 e. The van der Waals surface area contributed by atoms with E-state index in [1.807, 2.05) is 23.4 Å². The summed E-state index contributed by atoms with van der Waals surface area (Å²) in [6, 6.07) is 0. The second kappa shape index (κ2) is 7.34. The van der Waals surface area contributed by atoms with Gasteiger partial charge in [-0.15, -0.1) is 10.2 Å². The summed E-state index contributed by atoms with van der Waals surface area (Å²) in [6.45, 7) is 6.25. The van der Waals surface area contributed by atoms with Gasteiger partial charge in [-0.2, -0.15) is 0 Å². The van der Waals surface area contributed by atoms with Crippen LogP contribution in [0, 0.1) is 12.3 Å². The van der Waals surface area contributed by atoms with Gasteiger partial charge in [-0.05, 0) is 44.7 Å². The van der Waals surface area contributed by atoms with E-state index in [4.69, 9.17) is 0 Å². The van der Waals surface area contributed by atoms with Gasteiger partial charge in [0.15, 0.2) is 0 Å². The van der Waals surface area contributed by atoms with Crippen LogP contribution in [0.15, 0.2) is 18.7 Å². The Morgan fingerprint density at radius 1 is 1.11 bits per heavy atom. The number of hydrogen-bond acceptors (Lipinski definition) is 6. The molecule has 1 spiro atoms. The van der Waals surface area contributed by atoms with Gasteiger partial charge in [-0.25, -0.2) is 0 Å². The van der Waals surface area contributed by atoms with Gasteiger partial charge in [0.25, 0.3) is 0 Å². The van der Waals surface area contributed by atoms with Crippen molar-refractivity contribution >= 4 is 5.91 Å².